The molecule has 0 atom stereocenters. The Morgan fingerprint density at radius 1 is 1.46 bits per heavy atom. The van der Waals surface area contributed by atoms with Crippen LogP contribution in [0, 0.1) is 0 Å². The van der Waals surface area contributed by atoms with Crippen molar-refractivity contribution in [3.05, 3.63) is 70.5 Å². The van der Waals surface area contributed by atoms with Crippen LogP contribution in [0.2, 0.25) is 0 Å². The van der Waals surface area contributed by atoms with Gasteiger partial charge in [0.1, 0.15) is 0 Å². The summed E-state index contributed by atoms with van der Waals surface area (Å²) in [7, 11) is 0. The van der Waals surface area contributed by atoms with Crippen molar-refractivity contribution in [2.24, 2.45) is 0 Å². The summed E-state index contributed by atoms with van der Waals surface area (Å²) >= 11 is 1.61. The van der Waals surface area contributed by atoms with E-state index in [1.165, 1.54) is 0 Å². The molecule has 0 unspecified atom stereocenters. The smallest absolute Gasteiger partial charge is 0.152 e. The quantitative estimate of drug-likeness (QED) is 0.619. The fourth-order valence-electron chi connectivity index (χ4n) is 2.51. The third-order valence-corrected chi connectivity index (χ3v) is 4.68. The zero-order valence-corrected chi connectivity index (χ0v) is 15.0. The van der Waals surface area contributed by atoms with E-state index in [1.54, 1.807) is 24.0 Å². The van der Waals surface area contributed by atoms with Crippen molar-refractivity contribution in [3.63, 3.8) is 0 Å². The Balaban J connectivity index is 2.36. The molecule has 2 aromatic rings. The third-order valence-electron chi connectivity index (χ3n) is 3.75. The summed E-state index contributed by atoms with van der Waals surface area (Å²) in [5.74, 6) is 0. The lowest BCUT2D eigenvalue weighted by molar-refractivity contribution is 0.112. The molecule has 0 bridgehead atoms. The molecular formula is C20H22N2OS. The summed E-state index contributed by atoms with van der Waals surface area (Å²) in [4.78, 5) is 21.1. The molecule has 0 fully saturated rings. The zero-order valence-electron chi connectivity index (χ0n) is 14.1. The minimum Gasteiger partial charge on any atom is -0.358 e. The molecule has 2 aromatic heterocycles. The zero-order chi connectivity index (χ0) is 17.5. The SMILES string of the molecule is C=CC(C)=c1c(C=O)c(CC)[nH]c1=CCC(=C)Sc1cccnc1. The molecule has 3 nitrogen and oxygen atoms in total. The van der Waals surface area contributed by atoms with Gasteiger partial charge in [-0.3, -0.25) is 9.78 Å². The lowest BCUT2D eigenvalue weighted by Gasteiger charge is -2.01. The van der Waals surface area contributed by atoms with Crippen molar-refractivity contribution in [3.8, 4) is 0 Å². The van der Waals surface area contributed by atoms with Gasteiger partial charge >= 0.3 is 0 Å². The van der Waals surface area contributed by atoms with Crippen molar-refractivity contribution < 1.29 is 4.79 Å². The lowest BCUT2D eigenvalue weighted by atomic mass is 10.1. The number of rotatable bonds is 7. The Labute approximate surface area is 146 Å². The van der Waals surface area contributed by atoms with E-state index in [0.29, 0.717) is 6.42 Å². The van der Waals surface area contributed by atoms with Crippen molar-refractivity contribution in [1.29, 1.82) is 0 Å². The summed E-state index contributed by atoms with van der Waals surface area (Å²) in [6, 6.07) is 3.92. The molecule has 2 rings (SSSR count). The molecule has 0 radical (unpaired) electrons. The molecule has 0 saturated heterocycles. The largest absolute Gasteiger partial charge is 0.358 e. The topological polar surface area (TPSA) is 45.8 Å². The second kappa shape index (κ2) is 8.50. The number of hydrogen-bond acceptors (Lipinski definition) is 3. The Kier molecular flexibility index (Phi) is 6.38. The van der Waals surface area contributed by atoms with Gasteiger partial charge in [0.15, 0.2) is 6.29 Å². The molecule has 0 aromatic carbocycles. The molecular weight excluding hydrogens is 316 g/mol. The molecule has 1 N–H and O–H groups in total. The maximum atomic E-state index is 11.5. The van der Waals surface area contributed by atoms with Crippen LogP contribution in [0.3, 0.4) is 0 Å². The highest BCUT2D eigenvalue weighted by Crippen LogP contribution is 2.26. The molecule has 124 valence electrons. The van der Waals surface area contributed by atoms with Gasteiger partial charge in [-0.1, -0.05) is 44.0 Å². The number of aldehydes is 1. The highest BCUT2D eigenvalue weighted by Gasteiger charge is 2.08. The van der Waals surface area contributed by atoms with E-state index in [4.69, 9.17) is 0 Å². The fraction of sp³-hybridized carbons (Fsp3) is 0.200. The number of pyridine rings is 1. The summed E-state index contributed by atoms with van der Waals surface area (Å²) in [5.41, 5.74) is 2.68. The van der Waals surface area contributed by atoms with Crippen LogP contribution >= 0.6 is 11.8 Å². The monoisotopic (exact) mass is 338 g/mol. The van der Waals surface area contributed by atoms with Crippen LogP contribution in [0.5, 0.6) is 0 Å². The molecule has 0 saturated carbocycles. The molecule has 0 spiro atoms. The van der Waals surface area contributed by atoms with Gasteiger partial charge in [0.05, 0.1) is 0 Å². The van der Waals surface area contributed by atoms with Gasteiger partial charge in [-0.2, -0.15) is 0 Å². The van der Waals surface area contributed by atoms with Gasteiger partial charge in [-0.05, 0) is 42.4 Å². The number of nitrogens with zero attached hydrogens (tertiary/aromatic N) is 1. The molecule has 0 amide bonds. The first-order valence-corrected chi connectivity index (χ1v) is 8.67. The predicted octanol–water partition coefficient (Wildman–Crippen LogP) is 3.62. The first-order chi connectivity index (χ1) is 11.6. The number of aromatic nitrogens is 2. The number of H-pyrrole nitrogens is 1. The number of allylic oxidation sites excluding steroid dienone is 2. The van der Waals surface area contributed by atoms with Gasteiger partial charge in [0.2, 0.25) is 0 Å². The summed E-state index contributed by atoms with van der Waals surface area (Å²) in [6.45, 7) is 12.0. The molecule has 2 heterocycles. The Hall–Kier alpha value is -2.33. The van der Waals surface area contributed by atoms with E-state index >= 15 is 0 Å². The third kappa shape index (κ3) is 4.15. The normalized spacial score (nSPS) is 12.8. The minimum atomic E-state index is 0.707. The summed E-state index contributed by atoms with van der Waals surface area (Å²) < 4.78 is 0. The number of carbonyl (C=O) groups is 1. The molecule has 24 heavy (non-hydrogen) atoms. The predicted molar refractivity (Wildman–Crippen MR) is 102 cm³/mol. The average molecular weight is 338 g/mol. The Morgan fingerprint density at radius 3 is 2.83 bits per heavy atom. The van der Waals surface area contributed by atoms with Crippen molar-refractivity contribution in [2.75, 3.05) is 0 Å². The number of carbonyl (C=O) groups excluding carboxylic acids is 1. The van der Waals surface area contributed by atoms with E-state index in [2.05, 4.69) is 29.2 Å². The van der Waals surface area contributed by atoms with E-state index in [9.17, 15) is 4.79 Å². The minimum absolute atomic E-state index is 0.707. The van der Waals surface area contributed by atoms with E-state index < -0.39 is 0 Å². The molecule has 4 heteroatoms. The Morgan fingerprint density at radius 2 is 2.25 bits per heavy atom. The van der Waals surface area contributed by atoms with Crippen molar-refractivity contribution in [2.45, 2.75) is 31.6 Å². The summed E-state index contributed by atoms with van der Waals surface area (Å²) in [6.07, 6.45) is 9.86. The second-order valence-electron chi connectivity index (χ2n) is 5.40. The standard InChI is InChI=1S/C20H22N2OS/c1-5-14(3)20-17(13-23)18(6-2)22-19(20)10-9-15(4)24-16-8-7-11-21-12-16/h5,7-8,10-13,22H,1,4,6,9H2,2-3H3. The Bertz CT molecular complexity index is 863. The number of aromatic amines is 1. The molecule has 0 aliphatic carbocycles. The number of thioether (sulfide) groups is 1. The van der Waals surface area contributed by atoms with Gasteiger partial charge in [0, 0.05) is 39.1 Å². The van der Waals surface area contributed by atoms with Crippen LogP contribution in [0.1, 0.15) is 36.3 Å². The van der Waals surface area contributed by atoms with Crippen LogP contribution in [0.15, 0.2) is 53.6 Å². The van der Waals surface area contributed by atoms with Gasteiger partial charge in [-0.25, -0.2) is 0 Å². The van der Waals surface area contributed by atoms with Crippen LogP contribution in [0.4, 0.5) is 0 Å². The van der Waals surface area contributed by atoms with Crippen LogP contribution < -0.4 is 10.6 Å². The van der Waals surface area contributed by atoms with E-state index in [0.717, 1.165) is 49.9 Å². The van der Waals surface area contributed by atoms with E-state index in [1.807, 2.05) is 32.2 Å². The van der Waals surface area contributed by atoms with Gasteiger partial charge < -0.3 is 4.98 Å². The highest BCUT2D eigenvalue weighted by molar-refractivity contribution is 8.03. The van der Waals surface area contributed by atoms with Crippen LogP contribution in [-0.4, -0.2) is 16.3 Å². The van der Waals surface area contributed by atoms with Crippen LogP contribution in [-0.2, 0) is 6.42 Å². The van der Waals surface area contributed by atoms with E-state index in [-0.39, 0.29) is 0 Å². The summed E-state index contributed by atoms with van der Waals surface area (Å²) in [5, 5.41) is 1.90. The number of hydrogen-bond donors (Lipinski definition) is 1. The highest BCUT2D eigenvalue weighted by atomic mass is 32.2. The first kappa shape index (κ1) is 18.0. The average Bonchev–Trinajstić information content (AvgIpc) is 2.97. The lowest BCUT2D eigenvalue weighted by Crippen LogP contribution is -2.26. The van der Waals surface area contributed by atoms with Crippen molar-refractivity contribution >= 4 is 29.7 Å². The van der Waals surface area contributed by atoms with Crippen molar-refractivity contribution in [1.82, 2.24) is 9.97 Å². The molecule has 0 aliphatic heterocycles. The second-order valence-corrected chi connectivity index (χ2v) is 6.66. The van der Waals surface area contributed by atoms with Gasteiger partial charge in [0.25, 0.3) is 0 Å². The number of aryl methyl sites for hydroxylation is 1. The fourth-order valence-corrected chi connectivity index (χ4v) is 3.27. The first-order valence-electron chi connectivity index (χ1n) is 7.85. The van der Waals surface area contributed by atoms with Crippen LogP contribution in [0.25, 0.3) is 11.6 Å². The maximum absolute atomic E-state index is 11.5. The van der Waals surface area contributed by atoms with Gasteiger partial charge in [-0.15, -0.1) is 0 Å². The maximum Gasteiger partial charge on any atom is 0.152 e. The number of nitrogens with one attached hydrogen (secondary N) is 1. The molecule has 0 aliphatic rings.